The first-order valence-electron chi connectivity index (χ1n) is 8.31. The number of furan rings is 1. The van der Waals surface area contributed by atoms with E-state index in [1.165, 1.54) is 6.26 Å². The van der Waals surface area contributed by atoms with Gasteiger partial charge in [0.05, 0.1) is 24.7 Å². The number of rotatable bonds is 11. The van der Waals surface area contributed by atoms with E-state index in [-0.39, 0.29) is 5.97 Å². The van der Waals surface area contributed by atoms with Crippen molar-refractivity contribution in [3.8, 4) is 0 Å². The van der Waals surface area contributed by atoms with Gasteiger partial charge in [-0.1, -0.05) is 40.0 Å². The third-order valence-corrected chi connectivity index (χ3v) is 7.70. The molecule has 0 radical (unpaired) electrons. The Labute approximate surface area is 129 Å². The second-order valence-corrected chi connectivity index (χ2v) is 9.29. The molecule has 1 rings (SSSR count). The molecular formula is C17H30O3P+. The molecule has 0 spiro atoms. The highest BCUT2D eigenvalue weighted by Gasteiger charge is 2.41. The summed E-state index contributed by atoms with van der Waals surface area (Å²) in [5.74, 6) is 0.0699. The lowest BCUT2D eigenvalue weighted by atomic mass is 10.4. The monoisotopic (exact) mass is 313 g/mol. The molecule has 0 aliphatic heterocycles. The highest BCUT2D eigenvalue weighted by molar-refractivity contribution is 7.71. The van der Waals surface area contributed by atoms with Gasteiger partial charge >= 0.3 is 5.97 Å². The van der Waals surface area contributed by atoms with Gasteiger partial charge in [0, 0.05) is 0 Å². The molecule has 1 aromatic rings. The quantitative estimate of drug-likeness (QED) is 0.487. The minimum absolute atomic E-state index is 0.267. The van der Waals surface area contributed by atoms with E-state index in [9.17, 15) is 4.79 Å². The van der Waals surface area contributed by atoms with Gasteiger partial charge in [0.25, 0.3) is 0 Å². The molecule has 0 bridgehead atoms. The molecule has 0 saturated carbocycles. The minimum Gasteiger partial charge on any atom is -0.457 e. The SMILES string of the molecule is CCCC[P+](CCCC)(CCCC)OC(=O)c1ccco1. The largest absolute Gasteiger partial charge is 0.457 e. The summed E-state index contributed by atoms with van der Waals surface area (Å²) in [6, 6.07) is 3.43. The van der Waals surface area contributed by atoms with Crippen LogP contribution in [-0.2, 0) is 4.52 Å². The first-order valence-corrected chi connectivity index (χ1v) is 10.6. The summed E-state index contributed by atoms with van der Waals surface area (Å²) in [6.45, 7) is 6.59. The topological polar surface area (TPSA) is 39.4 Å². The Bertz CT molecular complexity index is 365. The molecule has 0 N–H and O–H groups in total. The fourth-order valence-corrected chi connectivity index (χ4v) is 6.49. The summed E-state index contributed by atoms with van der Waals surface area (Å²) in [6.07, 6.45) is 11.6. The van der Waals surface area contributed by atoms with Crippen molar-refractivity contribution in [2.45, 2.75) is 59.3 Å². The highest BCUT2D eigenvalue weighted by atomic mass is 31.2. The Hall–Kier alpha value is -0.820. The van der Waals surface area contributed by atoms with E-state index in [1.54, 1.807) is 12.1 Å². The van der Waals surface area contributed by atoms with Crippen LogP contribution in [0.5, 0.6) is 0 Å². The number of unbranched alkanes of at least 4 members (excludes halogenated alkanes) is 3. The van der Waals surface area contributed by atoms with Crippen molar-refractivity contribution >= 4 is 13.5 Å². The van der Waals surface area contributed by atoms with Crippen LogP contribution >= 0.6 is 7.49 Å². The highest BCUT2D eigenvalue weighted by Crippen LogP contribution is 2.62. The number of carbonyl (C=O) groups is 1. The Morgan fingerprint density at radius 1 is 1.05 bits per heavy atom. The average molecular weight is 313 g/mol. The van der Waals surface area contributed by atoms with Gasteiger partial charge in [0.1, 0.15) is 0 Å². The maximum atomic E-state index is 12.3. The van der Waals surface area contributed by atoms with E-state index < -0.39 is 7.49 Å². The maximum absolute atomic E-state index is 12.3. The first kappa shape index (κ1) is 18.2. The van der Waals surface area contributed by atoms with Crippen LogP contribution in [0, 0.1) is 0 Å². The van der Waals surface area contributed by atoms with Gasteiger partial charge in [-0.25, -0.2) is 4.79 Å². The van der Waals surface area contributed by atoms with Crippen LogP contribution in [-0.4, -0.2) is 24.5 Å². The van der Waals surface area contributed by atoms with E-state index in [4.69, 9.17) is 8.94 Å². The van der Waals surface area contributed by atoms with Crippen LogP contribution in [0.1, 0.15) is 69.9 Å². The minimum atomic E-state index is -1.65. The molecule has 0 fully saturated rings. The van der Waals surface area contributed by atoms with Crippen LogP contribution in [0.25, 0.3) is 0 Å². The predicted octanol–water partition coefficient (Wildman–Crippen LogP) is 5.77. The third-order valence-electron chi connectivity index (χ3n) is 3.76. The van der Waals surface area contributed by atoms with Crippen LogP contribution in [0.4, 0.5) is 0 Å². The van der Waals surface area contributed by atoms with Crippen molar-refractivity contribution in [2.24, 2.45) is 0 Å². The maximum Gasteiger partial charge on any atom is 0.415 e. The lowest BCUT2D eigenvalue weighted by Gasteiger charge is -2.25. The summed E-state index contributed by atoms with van der Waals surface area (Å²) in [5, 5.41) is 0. The molecule has 0 atom stereocenters. The van der Waals surface area contributed by atoms with Crippen molar-refractivity contribution in [2.75, 3.05) is 18.5 Å². The van der Waals surface area contributed by atoms with E-state index in [2.05, 4.69) is 20.8 Å². The smallest absolute Gasteiger partial charge is 0.415 e. The normalized spacial score (nSPS) is 11.6. The van der Waals surface area contributed by atoms with Gasteiger partial charge in [-0.3, -0.25) is 0 Å². The molecule has 4 heteroatoms. The Kier molecular flexibility index (Phi) is 8.68. The third kappa shape index (κ3) is 6.22. The predicted molar refractivity (Wildman–Crippen MR) is 90.4 cm³/mol. The Balaban J connectivity index is 2.81. The molecule has 0 aliphatic rings. The summed E-state index contributed by atoms with van der Waals surface area (Å²) in [4.78, 5) is 12.3. The standard InChI is InChI=1S/C17H30O3P/c1-4-7-13-21(14-8-5-2,15-9-6-3)20-17(18)16-11-10-12-19-16/h10-12H,4-9,13-15H2,1-3H3/q+1. The van der Waals surface area contributed by atoms with Crippen molar-refractivity contribution in [3.05, 3.63) is 24.2 Å². The van der Waals surface area contributed by atoms with Gasteiger partial charge in [-0.05, 0) is 31.4 Å². The van der Waals surface area contributed by atoms with E-state index >= 15 is 0 Å². The van der Waals surface area contributed by atoms with E-state index in [0.29, 0.717) is 5.76 Å². The van der Waals surface area contributed by atoms with Crippen molar-refractivity contribution in [3.63, 3.8) is 0 Å². The molecule has 21 heavy (non-hydrogen) atoms. The van der Waals surface area contributed by atoms with Crippen LogP contribution in [0.15, 0.2) is 22.8 Å². The van der Waals surface area contributed by atoms with E-state index in [1.807, 2.05) is 0 Å². The average Bonchev–Trinajstić information content (AvgIpc) is 3.03. The number of hydrogen-bond acceptors (Lipinski definition) is 3. The Morgan fingerprint density at radius 2 is 1.57 bits per heavy atom. The molecular weight excluding hydrogens is 283 g/mol. The first-order chi connectivity index (χ1) is 10.2. The zero-order valence-corrected chi connectivity index (χ0v) is 14.7. The zero-order valence-electron chi connectivity index (χ0n) is 13.8. The molecule has 1 aromatic heterocycles. The molecule has 3 nitrogen and oxygen atoms in total. The van der Waals surface area contributed by atoms with Gasteiger partial charge < -0.3 is 8.94 Å². The summed E-state index contributed by atoms with van der Waals surface area (Å²) >= 11 is 0. The number of hydrogen-bond donors (Lipinski definition) is 0. The summed E-state index contributed by atoms with van der Waals surface area (Å²) < 4.78 is 11.3. The fraction of sp³-hybridized carbons (Fsp3) is 0.706. The zero-order chi connectivity index (χ0) is 15.6. The van der Waals surface area contributed by atoms with Crippen LogP contribution in [0.3, 0.4) is 0 Å². The molecule has 0 unspecified atom stereocenters. The van der Waals surface area contributed by atoms with Crippen LogP contribution in [0.2, 0.25) is 0 Å². The van der Waals surface area contributed by atoms with Crippen molar-refractivity contribution < 1.29 is 13.7 Å². The molecule has 0 amide bonds. The molecule has 1 heterocycles. The van der Waals surface area contributed by atoms with Gasteiger partial charge in [0.2, 0.25) is 5.76 Å². The van der Waals surface area contributed by atoms with Crippen LogP contribution < -0.4 is 0 Å². The lowest BCUT2D eigenvalue weighted by Crippen LogP contribution is -2.16. The second-order valence-electron chi connectivity index (χ2n) is 5.65. The number of carbonyl (C=O) groups excluding carboxylic acids is 1. The van der Waals surface area contributed by atoms with Gasteiger partial charge in [0.15, 0.2) is 7.49 Å². The molecule has 0 aliphatic carbocycles. The lowest BCUT2D eigenvalue weighted by molar-refractivity contribution is 0.0713. The fourth-order valence-electron chi connectivity index (χ4n) is 2.43. The second kappa shape index (κ2) is 10.00. The summed E-state index contributed by atoms with van der Waals surface area (Å²) in [5.41, 5.74) is 0. The molecule has 0 saturated heterocycles. The van der Waals surface area contributed by atoms with Crippen molar-refractivity contribution in [1.29, 1.82) is 0 Å². The van der Waals surface area contributed by atoms with E-state index in [0.717, 1.165) is 57.0 Å². The Morgan fingerprint density at radius 3 is 1.95 bits per heavy atom. The van der Waals surface area contributed by atoms with Gasteiger partial charge in [-0.15, -0.1) is 0 Å². The van der Waals surface area contributed by atoms with Crippen molar-refractivity contribution in [1.82, 2.24) is 0 Å². The molecule has 0 aromatic carbocycles. The summed E-state index contributed by atoms with van der Waals surface area (Å²) in [7, 11) is -1.65. The molecule has 120 valence electrons. The van der Waals surface area contributed by atoms with Gasteiger partial charge in [-0.2, -0.15) is 0 Å².